The van der Waals surface area contributed by atoms with Gasteiger partial charge in [-0.15, -0.1) is 0 Å². The highest BCUT2D eigenvalue weighted by atomic mass is 15.1. The Kier molecular flexibility index (Phi) is 9.11. The molecule has 20 heavy (non-hydrogen) atoms. The SMILES string of the molecule is CC(C)CCN(CCCC(C)(C)C(=N)N)CCC(C)C. The van der Waals surface area contributed by atoms with Crippen LogP contribution in [0.3, 0.4) is 0 Å². The predicted octanol–water partition coefficient (Wildman–Crippen LogP) is 4.12. The van der Waals surface area contributed by atoms with Crippen molar-refractivity contribution < 1.29 is 0 Å². The molecule has 0 aliphatic carbocycles. The lowest BCUT2D eigenvalue weighted by Gasteiger charge is -2.27. The molecule has 0 aromatic rings. The Bertz CT molecular complexity index is 257. The van der Waals surface area contributed by atoms with E-state index in [-0.39, 0.29) is 5.41 Å². The van der Waals surface area contributed by atoms with Crippen molar-refractivity contribution in [1.29, 1.82) is 5.41 Å². The van der Waals surface area contributed by atoms with Gasteiger partial charge in [-0.05, 0) is 57.2 Å². The van der Waals surface area contributed by atoms with E-state index in [9.17, 15) is 0 Å². The van der Waals surface area contributed by atoms with E-state index in [0.29, 0.717) is 5.84 Å². The molecule has 0 saturated carbocycles. The Morgan fingerprint density at radius 1 is 1.00 bits per heavy atom. The maximum atomic E-state index is 7.62. The summed E-state index contributed by atoms with van der Waals surface area (Å²) in [6, 6.07) is 0. The van der Waals surface area contributed by atoms with Crippen LogP contribution in [0.15, 0.2) is 0 Å². The molecule has 3 N–H and O–H groups in total. The van der Waals surface area contributed by atoms with Gasteiger partial charge in [0.25, 0.3) is 0 Å². The second kappa shape index (κ2) is 9.38. The minimum atomic E-state index is -0.151. The Labute approximate surface area is 126 Å². The van der Waals surface area contributed by atoms with Crippen LogP contribution in [0.1, 0.15) is 67.2 Å². The molecule has 120 valence electrons. The van der Waals surface area contributed by atoms with E-state index in [4.69, 9.17) is 11.1 Å². The summed E-state index contributed by atoms with van der Waals surface area (Å²) in [7, 11) is 0. The van der Waals surface area contributed by atoms with Crippen molar-refractivity contribution in [3.8, 4) is 0 Å². The lowest BCUT2D eigenvalue weighted by atomic mass is 9.86. The van der Waals surface area contributed by atoms with Crippen LogP contribution in [0.5, 0.6) is 0 Å². The molecular formula is C17H37N3. The first kappa shape index (κ1) is 19.4. The van der Waals surface area contributed by atoms with Gasteiger partial charge in [0.1, 0.15) is 0 Å². The summed E-state index contributed by atoms with van der Waals surface area (Å²) < 4.78 is 0. The van der Waals surface area contributed by atoms with Crippen LogP contribution in [0.4, 0.5) is 0 Å². The third-order valence-electron chi connectivity index (χ3n) is 4.05. The van der Waals surface area contributed by atoms with Crippen molar-refractivity contribution in [2.75, 3.05) is 19.6 Å². The van der Waals surface area contributed by atoms with Crippen LogP contribution in [0.2, 0.25) is 0 Å². The zero-order valence-electron chi connectivity index (χ0n) is 14.6. The third kappa shape index (κ3) is 9.35. The molecule has 0 rings (SSSR count). The second-order valence-electron chi connectivity index (χ2n) is 7.61. The molecule has 0 radical (unpaired) electrons. The fourth-order valence-corrected chi connectivity index (χ4v) is 2.10. The van der Waals surface area contributed by atoms with Crippen LogP contribution in [0, 0.1) is 22.7 Å². The molecule has 0 aromatic carbocycles. The smallest absolute Gasteiger partial charge is 0.0963 e. The Morgan fingerprint density at radius 2 is 1.45 bits per heavy atom. The van der Waals surface area contributed by atoms with Gasteiger partial charge in [-0.25, -0.2) is 0 Å². The van der Waals surface area contributed by atoms with E-state index < -0.39 is 0 Å². The predicted molar refractivity (Wildman–Crippen MR) is 90.3 cm³/mol. The Balaban J connectivity index is 4.17. The summed E-state index contributed by atoms with van der Waals surface area (Å²) in [4.78, 5) is 2.59. The first-order valence-electron chi connectivity index (χ1n) is 8.22. The molecular weight excluding hydrogens is 246 g/mol. The van der Waals surface area contributed by atoms with Crippen molar-refractivity contribution in [2.24, 2.45) is 23.0 Å². The van der Waals surface area contributed by atoms with Gasteiger partial charge < -0.3 is 10.6 Å². The fourth-order valence-electron chi connectivity index (χ4n) is 2.10. The van der Waals surface area contributed by atoms with Gasteiger partial charge in [0, 0.05) is 5.41 Å². The number of rotatable bonds is 11. The number of nitrogens with two attached hydrogens (primary N) is 1. The van der Waals surface area contributed by atoms with Gasteiger partial charge in [-0.1, -0.05) is 41.5 Å². The van der Waals surface area contributed by atoms with Gasteiger partial charge in [0.15, 0.2) is 0 Å². The lowest BCUT2D eigenvalue weighted by molar-refractivity contribution is 0.231. The Morgan fingerprint density at radius 3 is 1.80 bits per heavy atom. The van der Waals surface area contributed by atoms with Crippen LogP contribution in [-0.2, 0) is 0 Å². The monoisotopic (exact) mass is 283 g/mol. The fraction of sp³-hybridized carbons (Fsp3) is 0.941. The van der Waals surface area contributed by atoms with E-state index in [0.717, 1.165) is 31.2 Å². The molecule has 0 fully saturated rings. The molecule has 0 amide bonds. The summed E-state index contributed by atoms with van der Waals surface area (Å²) in [6.07, 6.45) is 4.67. The lowest BCUT2D eigenvalue weighted by Crippen LogP contribution is -2.33. The number of hydrogen-bond acceptors (Lipinski definition) is 2. The zero-order valence-corrected chi connectivity index (χ0v) is 14.6. The highest BCUT2D eigenvalue weighted by molar-refractivity contribution is 5.82. The molecule has 3 heteroatoms. The molecule has 0 saturated heterocycles. The minimum absolute atomic E-state index is 0.151. The number of nitrogens with zero attached hydrogens (tertiary/aromatic N) is 1. The molecule has 0 heterocycles. The van der Waals surface area contributed by atoms with Gasteiger partial charge >= 0.3 is 0 Å². The number of nitrogens with one attached hydrogen (secondary N) is 1. The Hall–Kier alpha value is -0.570. The van der Waals surface area contributed by atoms with Crippen LogP contribution < -0.4 is 5.73 Å². The average molecular weight is 284 g/mol. The zero-order chi connectivity index (χ0) is 15.8. The summed E-state index contributed by atoms with van der Waals surface area (Å²) in [5, 5.41) is 7.62. The number of hydrogen-bond donors (Lipinski definition) is 2. The van der Waals surface area contributed by atoms with Crippen molar-refractivity contribution >= 4 is 5.84 Å². The molecule has 0 atom stereocenters. The van der Waals surface area contributed by atoms with E-state index in [1.165, 1.54) is 25.9 Å². The van der Waals surface area contributed by atoms with Crippen molar-refractivity contribution in [2.45, 2.75) is 67.2 Å². The molecule has 0 unspecified atom stereocenters. The van der Waals surface area contributed by atoms with E-state index in [1.807, 2.05) is 0 Å². The summed E-state index contributed by atoms with van der Waals surface area (Å²) in [6.45, 7) is 16.8. The minimum Gasteiger partial charge on any atom is -0.387 e. The van der Waals surface area contributed by atoms with Crippen molar-refractivity contribution in [3.63, 3.8) is 0 Å². The maximum Gasteiger partial charge on any atom is 0.0963 e. The van der Waals surface area contributed by atoms with Gasteiger partial charge in [0.05, 0.1) is 5.84 Å². The van der Waals surface area contributed by atoms with Crippen molar-refractivity contribution in [3.05, 3.63) is 0 Å². The summed E-state index contributed by atoms with van der Waals surface area (Å²) >= 11 is 0. The molecule has 3 nitrogen and oxygen atoms in total. The highest BCUT2D eigenvalue weighted by Crippen LogP contribution is 2.22. The summed E-state index contributed by atoms with van der Waals surface area (Å²) in [5.41, 5.74) is 5.50. The summed E-state index contributed by atoms with van der Waals surface area (Å²) in [5.74, 6) is 1.85. The van der Waals surface area contributed by atoms with Crippen LogP contribution in [-0.4, -0.2) is 30.4 Å². The largest absolute Gasteiger partial charge is 0.387 e. The van der Waals surface area contributed by atoms with Crippen LogP contribution >= 0.6 is 0 Å². The first-order valence-corrected chi connectivity index (χ1v) is 8.22. The standard InChI is InChI=1S/C17H37N3/c1-14(2)8-12-20(13-9-15(3)4)11-7-10-17(5,6)16(18)19/h14-15H,7-13H2,1-6H3,(H3,18,19). The van der Waals surface area contributed by atoms with Gasteiger partial charge in [-0.3, -0.25) is 5.41 Å². The van der Waals surface area contributed by atoms with E-state index in [1.54, 1.807) is 0 Å². The third-order valence-corrected chi connectivity index (χ3v) is 4.05. The van der Waals surface area contributed by atoms with Gasteiger partial charge in [-0.2, -0.15) is 0 Å². The maximum absolute atomic E-state index is 7.62. The van der Waals surface area contributed by atoms with Crippen LogP contribution in [0.25, 0.3) is 0 Å². The van der Waals surface area contributed by atoms with E-state index in [2.05, 4.69) is 46.4 Å². The number of amidine groups is 1. The van der Waals surface area contributed by atoms with E-state index >= 15 is 0 Å². The first-order chi connectivity index (χ1) is 9.15. The molecule has 0 bridgehead atoms. The van der Waals surface area contributed by atoms with Crippen molar-refractivity contribution in [1.82, 2.24) is 4.90 Å². The molecule has 0 aliphatic heterocycles. The second-order valence-corrected chi connectivity index (χ2v) is 7.61. The molecule has 0 spiro atoms. The topological polar surface area (TPSA) is 53.1 Å². The highest BCUT2D eigenvalue weighted by Gasteiger charge is 2.21. The normalized spacial score (nSPS) is 12.7. The quantitative estimate of drug-likeness (QED) is 0.442. The molecule has 0 aromatic heterocycles. The average Bonchev–Trinajstić information content (AvgIpc) is 2.31. The van der Waals surface area contributed by atoms with Gasteiger partial charge in [0.2, 0.25) is 0 Å². The molecule has 0 aliphatic rings.